The highest BCUT2D eigenvalue weighted by atomic mass is 16.2. The van der Waals surface area contributed by atoms with Crippen molar-refractivity contribution in [3.63, 3.8) is 0 Å². The van der Waals surface area contributed by atoms with E-state index in [1.807, 2.05) is 67.5 Å². The molecule has 0 saturated carbocycles. The molecule has 2 aliphatic heterocycles. The molecule has 0 unspecified atom stereocenters. The number of nitrogens with one attached hydrogen (secondary N) is 1. The number of fused-ring (bicyclic) bond motifs is 2. The minimum absolute atomic E-state index is 0.0510. The average molecular weight is 466 g/mol. The van der Waals surface area contributed by atoms with Crippen molar-refractivity contribution in [2.45, 2.75) is 19.3 Å². The molecule has 0 radical (unpaired) electrons. The third kappa shape index (κ3) is 3.30. The molecule has 0 bridgehead atoms. The molecule has 2 amide bonds. The molecule has 4 heterocycles. The second kappa shape index (κ2) is 7.70. The van der Waals surface area contributed by atoms with Crippen LogP contribution in [0.4, 0.5) is 11.4 Å². The SMILES string of the molecule is CC1(C)C(=O)N(CC2CN(c3cccnc3)C2)c2cc(C(N)=O)cc(-c3c[nH]c4ccccc34)c21. The minimum atomic E-state index is -0.730. The van der Waals surface area contributed by atoms with Crippen molar-refractivity contribution in [2.75, 3.05) is 29.4 Å². The van der Waals surface area contributed by atoms with Crippen LogP contribution in [0.2, 0.25) is 0 Å². The quantitative estimate of drug-likeness (QED) is 0.464. The normalized spacial score (nSPS) is 17.0. The first kappa shape index (κ1) is 21.4. The summed E-state index contributed by atoms with van der Waals surface area (Å²) in [5.74, 6) is -0.123. The zero-order chi connectivity index (χ0) is 24.3. The number of amides is 2. The number of carbonyl (C=O) groups excluding carboxylic acids is 2. The van der Waals surface area contributed by atoms with E-state index in [2.05, 4.69) is 20.9 Å². The molecule has 0 atom stereocenters. The number of hydrogen-bond acceptors (Lipinski definition) is 4. The molecule has 1 saturated heterocycles. The Balaban J connectivity index is 1.41. The summed E-state index contributed by atoms with van der Waals surface area (Å²) < 4.78 is 0. The first-order valence-electron chi connectivity index (χ1n) is 11.9. The van der Waals surface area contributed by atoms with E-state index in [9.17, 15) is 9.59 Å². The van der Waals surface area contributed by atoms with Gasteiger partial charge in [0.1, 0.15) is 0 Å². The summed E-state index contributed by atoms with van der Waals surface area (Å²) >= 11 is 0. The number of aromatic amines is 1. The highest BCUT2D eigenvalue weighted by Crippen LogP contribution is 2.49. The molecule has 7 heteroatoms. The summed E-state index contributed by atoms with van der Waals surface area (Å²) in [6.45, 7) is 6.26. The maximum absolute atomic E-state index is 13.8. The Kier molecular flexibility index (Phi) is 4.71. The lowest BCUT2D eigenvalue weighted by molar-refractivity contribution is -0.122. The highest BCUT2D eigenvalue weighted by molar-refractivity contribution is 6.13. The number of para-hydroxylation sites is 1. The molecule has 4 aromatic rings. The van der Waals surface area contributed by atoms with Crippen LogP contribution in [0, 0.1) is 5.92 Å². The lowest BCUT2D eigenvalue weighted by Crippen LogP contribution is -2.53. The predicted molar refractivity (Wildman–Crippen MR) is 138 cm³/mol. The molecule has 7 nitrogen and oxygen atoms in total. The van der Waals surface area contributed by atoms with Gasteiger partial charge in [0.15, 0.2) is 0 Å². The Morgan fingerprint density at radius 2 is 1.94 bits per heavy atom. The summed E-state index contributed by atoms with van der Waals surface area (Å²) in [5.41, 5.74) is 11.1. The summed E-state index contributed by atoms with van der Waals surface area (Å²) in [4.78, 5) is 37.7. The van der Waals surface area contributed by atoms with Crippen LogP contribution >= 0.6 is 0 Å². The van der Waals surface area contributed by atoms with Gasteiger partial charge in [-0.2, -0.15) is 0 Å². The standard InChI is InChI=1S/C28H27N5O2/c1-28(2)25-21(22-13-31-23-8-4-3-7-20(22)23)10-18(26(29)34)11-24(25)33(27(28)35)16-17-14-32(15-17)19-6-5-9-30-12-19/h3-13,17,31H,14-16H2,1-2H3,(H2,29,34). The van der Waals surface area contributed by atoms with Crippen molar-refractivity contribution in [1.29, 1.82) is 0 Å². The van der Waals surface area contributed by atoms with Gasteiger partial charge in [-0.25, -0.2) is 0 Å². The van der Waals surface area contributed by atoms with Crippen molar-refractivity contribution in [2.24, 2.45) is 11.7 Å². The van der Waals surface area contributed by atoms with E-state index >= 15 is 0 Å². The summed E-state index contributed by atoms with van der Waals surface area (Å²) in [6.07, 6.45) is 5.58. The van der Waals surface area contributed by atoms with Gasteiger partial charge in [-0.3, -0.25) is 14.6 Å². The monoisotopic (exact) mass is 465 g/mol. The van der Waals surface area contributed by atoms with E-state index in [0.717, 1.165) is 52.1 Å². The van der Waals surface area contributed by atoms with Crippen LogP contribution in [-0.4, -0.2) is 41.4 Å². The number of pyridine rings is 1. The predicted octanol–water partition coefficient (Wildman–Crippen LogP) is 4.09. The number of primary amides is 1. The molecule has 2 aliphatic rings. The fraction of sp³-hybridized carbons (Fsp3) is 0.250. The smallest absolute Gasteiger partial charge is 0.248 e. The highest BCUT2D eigenvalue weighted by Gasteiger charge is 2.47. The average Bonchev–Trinajstić information content (AvgIpc) is 3.34. The Hall–Kier alpha value is -4.13. The van der Waals surface area contributed by atoms with Crippen molar-refractivity contribution < 1.29 is 9.59 Å². The molecule has 2 aromatic heterocycles. The second-order valence-corrected chi connectivity index (χ2v) is 10.1. The molecule has 176 valence electrons. The third-order valence-electron chi connectivity index (χ3n) is 7.39. The van der Waals surface area contributed by atoms with Gasteiger partial charge in [-0.15, -0.1) is 0 Å². The van der Waals surface area contributed by atoms with E-state index in [0.29, 0.717) is 18.0 Å². The number of H-pyrrole nitrogens is 1. The second-order valence-electron chi connectivity index (χ2n) is 10.1. The summed E-state index contributed by atoms with van der Waals surface area (Å²) in [7, 11) is 0. The Morgan fingerprint density at radius 1 is 1.14 bits per heavy atom. The summed E-state index contributed by atoms with van der Waals surface area (Å²) in [5, 5.41) is 1.05. The van der Waals surface area contributed by atoms with Gasteiger partial charge in [0.25, 0.3) is 0 Å². The van der Waals surface area contributed by atoms with Crippen molar-refractivity contribution in [1.82, 2.24) is 9.97 Å². The van der Waals surface area contributed by atoms with E-state index < -0.39 is 11.3 Å². The number of aromatic nitrogens is 2. The topological polar surface area (TPSA) is 95.3 Å². The van der Waals surface area contributed by atoms with E-state index in [4.69, 9.17) is 5.73 Å². The molecular weight excluding hydrogens is 438 g/mol. The molecule has 2 aromatic carbocycles. The van der Waals surface area contributed by atoms with E-state index in [-0.39, 0.29) is 5.91 Å². The number of nitrogens with two attached hydrogens (primary N) is 1. The third-order valence-corrected chi connectivity index (χ3v) is 7.39. The van der Waals surface area contributed by atoms with Gasteiger partial charge >= 0.3 is 0 Å². The van der Waals surface area contributed by atoms with Gasteiger partial charge in [0.05, 0.1) is 17.3 Å². The van der Waals surface area contributed by atoms with Crippen LogP contribution in [0.3, 0.4) is 0 Å². The molecule has 6 rings (SSSR count). The Labute approximate surface area is 203 Å². The van der Waals surface area contributed by atoms with Gasteiger partial charge in [0.2, 0.25) is 11.8 Å². The van der Waals surface area contributed by atoms with E-state index in [1.54, 1.807) is 12.3 Å². The molecular formula is C28H27N5O2. The molecule has 0 aliphatic carbocycles. The molecule has 35 heavy (non-hydrogen) atoms. The number of nitrogens with zero attached hydrogens (tertiary/aromatic N) is 3. The van der Waals surface area contributed by atoms with Crippen LogP contribution < -0.4 is 15.5 Å². The Morgan fingerprint density at radius 3 is 2.69 bits per heavy atom. The lowest BCUT2D eigenvalue weighted by atomic mass is 9.80. The Bertz CT molecular complexity index is 1470. The molecule has 1 fully saturated rings. The van der Waals surface area contributed by atoms with E-state index in [1.165, 1.54) is 0 Å². The minimum Gasteiger partial charge on any atom is -0.369 e. The maximum atomic E-state index is 13.8. The molecule has 3 N–H and O–H groups in total. The number of anilines is 2. The summed E-state index contributed by atoms with van der Waals surface area (Å²) in [6, 6.07) is 15.7. The van der Waals surface area contributed by atoms with Gasteiger partial charge < -0.3 is 20.5 Å². The van der Waals surface area contributed by atoms with Crippen LogP contribution in [0.15, 0.2) is 67.1 Å². The maximum Gasteiger partial charge on any atom is 0.248 e. The van der Waals surface area contributed by atoms with Gasteiger partial charge in [-0.1, -0.05) is 18.2 Å². The van der Waals surface area contributed by atoms with Crippen LogP contribution in [-0.2, 0) is 10.2 Å². The zero-order valence-electron chi connectivity index (χ0n) is 19.8. The van der Waals surface area contributed by atoms with Crippen molar-refractivity contribution in [3.05, 3.63) is 78.2 Å². The van der Waals surface area contributed by atoms with Crippen LogP contribution in [0.1, 0.15) is 29.8 Å². The van der Waals surface area contributed by atoms with Gasteiger partial charge in [-0.05, 0) is 55.3 Å². The number of hydrogen-bond donors (Lipinski definition) is 2. The van der Waals surface area contributed by atoms with Crippen molar-refractivity contribution in [3.8, 4) is 11.1 Å². The van der Waals surface area contributed by atoms with Crippen molar-refractivity contribution >= 4 is 34.1 Å². The number of carbonyl (C=O) groups is 2. The fourth-order valence-corrected chi connectivity index (χ4v) is 5.58. The zero-order valence-corrected chi connectivity index (χ0v) is 19.8. The van der Waals surface area contributed by atoms with Gasteiger partial charge in [0, 0.05) is 65.7 Å². The molecule has 0 spiro atoms. The lowest BCUT2D eigenvalue weighted by Gasteiger charge is -2.42. The fourth-order valence-electron chi connectivity index (χ4n) is 5.58. The van der Waals surface area contributed by atoms with Crippen LogP contribution in [0.25, 0.3) is 22.0 Å². The largest absolute Gasteiger partial charge is 0.369 e. The first-order chi connectivity index (χ1) is 16.8. The number of benzene rings is 2. The first-order valence-corrected chi connectivity index (χ1v) is 11.9. The number of rotatable bonds is 5. The van der Waals surface area contributed by atoms with Crippen LogP contribution in [0.5, 0.6) is 0 Å².